The number of methoxy groups -OCH3 is 1. The van der Waals surface area contributed by atoms with Gasteiger partial charge >= 0.3 is 0 Å². The number of H-pyrrole nitrogens is 1. The minimum atomic E-state index is -0.112. The van der Waals surface area contributed by atoms with Gasteiger partial charge < -0.3 is 14.6 Å². The van der Waals surface area contributed by atoms with Crippen molar-refractivity contribution in [2.24, 2.45) is 0 Å². The highest BCUT2D eigenvalue weighted by Crippen LogP contribution is 2.31. The first-order chi connectivity index (χ1) is 12.7. The number of nitrogens with one attached hydrogen (secondary N) is 1. The van der Waals surface area contributed by atoms with E-state index in [0.717, 1.165) is 17.8 Å². The lowest BCUT2D eigenvalue weighted by Gasteiger charge is -2.22. The number of aromatic nitrogens is 5. The van der Waals surface area contributed by atoms with Crippen LogP contribution in [0.15, 0.2) is 49.1 Å². The first kappa shape index (κ1) is 16.5. The van der Waals surface area contributed by atoms with Crippen LogP contribution < -0.4 is 0 Å². The molecule has 1 amide bonds. The summed E-state index contributed by atoms with van der Waals surface area (Å²) < 4.78 is 7.04. The lowest BCUT2D eigenvalue weighted by Crippen LogP contribution is -2.35. The maximum atomic E-state index is 12.9. The molecule has 2 atom stereocenters. The zero-order chi connectivity index (χ0) is 17.9. The predicted molar refractivity (Wildman–Crippen MR) is 93.9 cm³/mol. The molecule has 2 aromatic heterocycles. The number of likely N-dealkylation sites (tertiary alicyclic amines) is 1. The van der Waals surface area contributed by atoms with Crippen molar-refractivity contribution in [1.82, 2.24) is 29.6 Å². The maximum Gasteiger partial charge on any atom is 0.245 e. The number of nitrogens with zero attached hydrogens (tertiary/aromatic N) is 5. The summed E-state index contributed by atoms with van der Waals surface area (Å²) >= 11 is 0. The summed E-state index contributed by atoms with van der Waals surface area (Å²) in [6.07, 6.45) is 5.78. The second-order valence-corrected chi connectivity index (χ2v) is 6.26. The Morgan fingerprint density at radius 3 is 2.88 bits per heavy atom. The Morgan fingerprint density at radius 1 is 1.31 bits per heavy atom. The van der Waals surface area contributed by atoms with Gasteiger partial charge in [-0.2, -0.15) is 5.10 Å². The number of ether oxygens (including phenoxy) is 1. The fraction of sp³-hybridized carbons (Fsp3) is 0.333. The third-order valence-corrected chi connectivity index (χ3v) is 4.62. The van der Waals surface area contributed by atoms with E-state index in [2.05, 4.69) is 20.1 Å². The van der Waals surface area contributed by atoms with E-state index in [4.69, 9.17) is 4.74 Å². The molecule has 26 heavy (non-hydrogen) atoms. The average molecular weight is 352 g/mol. The zero-order valence-electron chi connectivity index (χ0n) is 14.4. The predicted octanol–water partition coefficient (Wildman–Crippen LogP) is 1.66. The summed E-state index contributed by atoms with van der Waals surface area (Å²) in [4.78, 5) is 26.4. The smallest absolute Gasteiger partial charge is 0.245 e. The highest BCUT2D eigenvalue weighted by atomic mass is 16.5. The van der Waals surface area contributed by atoms with Gasteiger partial charge in [-0.15, -0.1) is 0 Å². The summed E-state index contributed by atoms with van der Waals surface area (Å²) in [5, 5.41) is 4.42. The second-order valence-electron chi connectivity index (χ2n) is 6.26. The van der Waals surface area contributed by atoms with Crippen molar-refractivity contribution < 1.29 is 9.53 Å². The summed E-state index contributed by atoms with van der Waals surface area (Å²) in [6, 6.07) is 9.59. The van der Waals surface area contributed by atoms with Crippen LogP contribution >= 0.6 is 0 Å². The molecule has 1 saturated heterocycles. The van der Waals surface area contributed by atoms with Gasteiger partial charge in [0, 0.05) is 38.0 Å². The molecule has 1 aliphatic rings. The number of rotatable bonds is 5. The van der Waals surface area contributed by atoms with Crippen LogP contribution in [0.4, 0.5) is 0 Å². The van der Waals surface area contributed by atoms with Crippen LogP contribution in [0.2, 0.25) is 0 Å². The zero-order valence-corrected chi connectivity index (χ0v) is 14.4. The molecule has 1 fully saturated rings. The molecule has 1 unspecified atom stereocenters. The standard InChI is InChI=1S/C18H20N6O2/c1-26-14-9-15(18-19-7-8-20-18)24(10-14)16(25)11-23-12-21-17(22-23)13-5-3-2-4-6-13/h2-8,12,14-15H,9-11H2,1H3,(H,19,20)/t14-,15?/m1/s1. The van der Waals surface area contributed by atoms with Crippen molar-refractivity contribution in [3.8, 4) is 11.4 Å². The molecule has 0 radical (unpaired) electrons. The molecular formula is C18H20N6O2. The third-order valence-electron chi connectivity index (χ3n) is 4.62. The van der Waals surface area contributed by atoms with Gasteiger partial charge in [-0.3, -0.25) is 4.79 Å². The van der Waals surface area contributed by atoms with E-state index in [9.17, 15) is 4.79 Å². The number of hydrogen-bond acceptors (Lipinski definition) is 5. The largest absolute Gasteiger partial charge is 0.380 e. The van der Waals surface area contributed by atoms with Gasteiger partial charge in [-0.05, 0) is 0 Å². The van der Waals surface area contributed by atoms with Crippen molar-refractivity contribution in [1.29, 1.82) is 0 Å². The Bertz CT molecular complexity index is 861. The maximum absolute atomic E-state index is 12.9. The first-order valence-electron chi connectivity index (χ1n) is 8.51. The SMILES string of the molecule is CO[C@@H]1CC(c2ncc[nH]2)N(C(=O)Cn2cnc(-c3ccccc3)n2)C1. The van der Waals surface area contributed by atoms with Gasteiger partial charge in [0.2, 0.25) is 5.91 Å². The van der Waals surface area contributed by atoms with Crippen molar-refractivity contribution >= 4 is 5.91 Å². The Kier molecular flexibility index (Phi) is 4.49. The second kappa shape index (κ2) is 7.09. The minimum absolute atomic E-state index is 0.00433. The van der Waals surface area contributed by atoms with E-state index in [1.165, 1.54) is 0 Å². The fourth-order valence-corrected chi connectivity index (χ4v) is 3.28. The van der Waals surface area contributed by atoms with Gasteiger partial charge in [0.05, 0.1) is 12.1 Å². The van der Waals surface area contributed by atoms with Crippen LogP contribution in [0, 0.1) is 0 Å². The number of hydrogen-bond donors (Lipinski definition) is 1. The first-order valence-corrected chi connectivity index (χ1v) is 8.51. The molecule has 0 spiro atoms. The molecular weight excluding hydrogens is 332 g/mol. The van der Waals surface area contributed by atoms with E-state index < -0.39 is 0 Å². The van der Waals surface area contributed by atoms with E-state index in [0.29, 0.717) is 12.4 Å². The van der Waals surface area contributed by atoms with E-state index in [1.54, 1.807) is 35.4 Å². The number of benzene rings is 1. The Hall–Kier alpha value is -3.00. The summed E-state index contributed by atoms with van der Waals surface area (Å²) in [5.41, 5.74) is 0.924. The van der Waals surface area contributed by atoms with Crippen LogP contribution in [-0.2, 0) is 16.1 Å². The van der Waals surface area contributed by atoms with E-state index in [1.807, 2.05) is 30.3 Å². The van der Waals surface area contributed by atoms with Crippen molar-refractivity contribution in [2.75, 3.05) is 13.7 Å². The van der Waals surface area contributed by atoms with Gasteiger partial charge in [0.25, 0.3) is 0 Å². The molecule has 1 aliphatic heterocycles. The average Bonchev–Trinajstić information content (AvgIpc) is 3.42. The topological polar surface area (TPSA) is 88.9 Å². The molecule has 3 aromatic rings. The number of carbonyl (C=O) groups is 1. The van der Waals surface area contributed by atoms with Crippen LogP contribution in [0.3, 0.4) is 0 Å². The van der Waals surface area contributed by atoms with E-state index >= 15 is 0 Å². The Balaban J connectivity index is 1.49. The molecule has 3 heterocycles. The minimum Gasteiger partial charge on any atom is -0.380 e. The van der Waals surface area contributed by atoms with Crippen LogP contribution in [0.25, 0.3) is 11.4 Å². The normalized spacial score (nSPS) is 19.8. The molecule has 1 aromatic carbocycles. The van der Waals surface area contributed by atoms with Crippen LogP contribution in [-0.4, -0.2) is 55.3 Å². The van der Waals surface area contributed by atoms with E-state index in [-0.39, 0.29) is 24.6 Å². The summed E-state index contributed by atoms with van der Waals surface area (Å²) in [6.45, 7) is 0.675. The van der Waals surface area contributed by atoms with Gasteiger partial charge in [0.1, 0.15) is 18.7 Å². The number of aromatic amines is 1. The van der Waals surface area contributed by atoms with Gasteiger partial charge in [0.15, 0.2) is 5.82 Å². The summed E-state index contributed by atoms with van der Waals surface area (Å²) in [5.74, 6) is 1.36. The Labute approximate surface area is 150 Å². The molecule has 4 rings (SSSR count). The quantitative estimate of drug-likeness (QED) is 0.754. The third kappa shape index (κ3) is 3.23. The molecule has 134 valence electrons. The molecule has 0 aliphatic carbocycles. The van der Waals surface area contributed by atoms with Gasteiger partial charge in [-0.25, -0.2) is 14.6 Å². The van der Waals surface area contributed by atoms with Crippen LogP contribution in [0.5, 0.6) is 0 Å². The van der Waals surface area contributed by atoms with Gasteiger partial charge in [-0.1, -0.05) is 30.3 Å². The van der Waals surface area contributed by atoms with Crippen LogP contribution in [0.1, 0.15) is 18.3 Å². The molecule has 0 saturated carbocycles. The summed E-state index contributed by atoms with van der Waals surface area (Å²) in [7, 11) is 1.67. The number of carbonyl (C=O) groups excluding carboxylic acids is 1. The molecule has 1 N–H and O–H groups in total. The Morgan fingerprint density at radius 2 is 2.15 bits per heavy atom. The highest BCUT2D eigenvalue weighted by molar-refractivity contribution is 5.76. The van der Waals surface area contributed by atoms with Crippen molar-refractivity contribution in [3.05, 3.63) is 54.9 Å². The molecule has 8 nitrogen and oxygen atoms in total. The monoisotopic (exact) mass is 352 g/mol. The van der Waals surface area contributed by atoms with Crippen molar-refractivity contribution in [2.45, 2.75) is 25.1 Å². The fourth-order valence-electron chi connectivity index (χ4n) is 3.28. The number of amides is 1. The molecule has 8 heteroatoms. The lowest BCUT2D eigenvalue weighted by molar-refractivity contribution is -0.133. The highest BCUT2D eigenvalue weighted by Gasteiger charge is 2.37. The number of imidazole rings is 1. The molecule has 0 bridgehead atoms. The van der Waals surface area contributed by atoms with Crippen molar-refractivity contribution in [3.63, 3.8) is 0 Å². The lowest BCUT2D eigenvalue weighted by atomic mass is 10.2.